The molecule has 0 saturated heterocycles. The van der Waals surface area contributed by atoms with Crippen molar-refractivity contribution in [1.29, 1.82) is 0 Å². The van der Waals surface area contributed by atoms with Crippen molar-refractivity contribution < 1.29 is 34.2 Å². The lowest BCUT2D eigenvalue weighted by Crippen LogP contribution is -2.58. The lowest BCUT2D eigenvalue weighted by Gasteiger charge is -2.25. The number of primary amides is 1. The Balaban J connectivity index is 5.39. The number of amides is 4. The average molecular weight is 436 g/mol. The molecule has 4 unspecified atom stereocenters. The lowest BCUT2D eigenvalue weighted by atomic mass is 10.0. The molecule has 0 spiro atoms. The molecule has 29 heavy (non-hydrogen) atoms. The van der Waals surface area contributed by atoms with Gasteiger partial charge in [0.2, 0.25) is 23.6 Å². The number of carboxylic acids is 1. The minimum atomic E-state index is -1.63. The van der Waals surface area contributed by atoms with Crippen molar-refractivity contribution in [3.05, 3.63) is 0 Å². The first-order chi connectivity index (χ1) is 13.4. The molecule has 4 amide bonds. The first kappa shape index (κ1) is 26.6. The third-order valence-electron chi connectivity index (χ3n) is 3.71. The van der Waals surface area contributed by atoms with E-state index in [1.807, 2.05) is 5.32 Å². The highest BCUT2D eigenvalue weighted by molar-refractivity contribution is 7.80. The van der Waals surface area contributed by atoms with E-state index >= 15 is 0 Å². The SMILES string of the molecule is CC(C)CC(NC(=O)C(N)CS)C(=O)NC(CC(N)=O)C(=O)NC(CO)C(=O)O. The summed E-state index contributed by atoms with van der Waals surface area (Å²) in [5.41, 5.74) is 10.7. The van der Waals surface area contributed by atoms with Gasteiger partial charge < -0.3 is 37.6 Å². The van der Waals surface area contributed by atoms with Crippen molar-refractivity contribution >= 4 is 42.2 Å². The molecule has 0 aliphatic rings. The molecule has 0 bridgehead atoms. The van der Waals surface area contributed by atoms with Crippen molar-refractivity contribution in [1.82, 2.24) is 16.0 Å². The van der Waals surface area contributed by atoms with Crippen LogP contribution in [0.25, 0.3) is 0 Å². The van der Waals surface area contributed by atoms with E-state index in [0.29, 0.717) is 0 Å². The molecule has 0 saturated carbocycles. The Kier molecular flexibility index (Phi) is 11.9. The summed E-state index contributed by atoms with van der Waals surface area (Å²) in [6, 6.07) is -5.15. The first-order valence-electron chi connectivity index (χ1n) is 8.82. The Morgan fingerprint density at radius 1 is 0.931 bits per heavy atom. The maximum atomic E-state index is 12.6. The highest BCUT2D eigenvalue weighted by Crippen LogP contribution is 2.07. The largest absolute Gasteiger partial charge is 0.480 e. The molecule has 0 aromatic heterocycles. The van der Waals surface area contributed by atoms with Gasteiger partial charge in [0, 0.05) is 5.75 Å². The molecule has 9 N–H and O–H groups in total. The van der Waals surface area contributed by atoms with Crippen molar-refractivity contribution in [2.24, 2.45) is 17.4 Å². The molecular formula is C16H29N5O7S. The predicted octanol–water partition coefficient (Wildman–Crippen LogP) is -3.30. The van der Waals surface area contributed by atoms with Crippen molar-refractivity contribution in [2.45, 2.75) is 50.9 Å². The number of aliphatic carboxylic acids is 1. The summed E-state index contributed by atoms with van der Waals surface area (Å²) >= 11 is 3.92. The van der Waals surface area contributed by atoms with Gasteiger partial charge in [-0.1, -0.05) is 13.8 Å². The Morgan fingerprint density at radius 3 is 1.83 bits per heavy atom. The van der Waals surface area contributed by atoms with E-state index in [0.717, 1.165) is 0 Å². The summed E-state index contributed by atoms with van der Waals surface area (Å²) in [5.74, 6) is -4.84. The highest BCUT2D eigenvalue weighted by Gasteiger charge is 2.31. The Hall–Kier alpha value is -2.38. The number of carbonyl (C=O) groups excluding carboxylic acids is 4. The summed E-state index contributed by atoms with van der Waals surface area (Å²) in [6.45, 7) is 2.71. The summed E-state index contributed by atoms with van der Waals surface area (Å²) in [7, 11) is 0. The number of aliphatic hydroxyl groups is 1. The van der Waals surface area contributed by atoms with Crippen LogP contribution in [-0.4, -0.2) is 76.3 Å². The smallest absolute Gasteiger partial charge is 0.328 e. The molecule has 13 heteroatoms. The molecule has 0 aliphatic carbocycles. The third-order valence-corrected chi connectivity index (χ3v) is 4.10. The quantitative estimate of drug-likeness (QED) is 0.137. The zero-order valence-electron chi connectivity index (χ0n) is 16.3. The van der Waals surface area contributed by atoms with E-state index in [1.54, 1.807) is 13.8 Å². The van der Waals surface area contributed by atoms with Gasteiger partial charge in [-0.3, -0.25) is 19.2 Å². The van der Waals surface area contributed by atoms with Gasteiger partial charge in [-0.05, 0) is 12.3 Å². The van der Waals surface area contributed by atoms with Gasteiger partial charge in [0.25, 0.3) is 0 Å². The van der Waals surface area contributed by atoms with Crippen LogP contribution in [0.1, 0.15) is 26.7 Å². The third kappa shape index (κ3) is 10.1. The molecule has 0 aliphatic heterocycles. The minimum absolute atomic E-state index is 0.0209. The van der Waals surface area contributed by atoms with Crippen LogP contribution in [-0.2, 0) is 24.0 Å². The van der Waals surface area contributed by atoms with Gasteiger partial charge in [0.05, 0.1) is 19.1 Å². The molecule has 0 radical (unpaired) electrons. The fraction of sp³-hybridized carbons (Fsp3) is 0.688. The highest BCUT2D eigenvalue weighted by atomic mass is 32.1. The van der Waals surface area contributed by atoms with Crippen LogP contribution in [0.3, 0.4) is 0 Å². The van der Waals surface area contributed by atoms with Gasteiger partial charge in [0.1, 0.15) is 18.1 Å². The van der Waals surface area contributed by atoms with Crippen LogP contribution in [0, 0.1) is 5.92 Å². The number of aliphatic hydroxyl groups excluding tert-OH is 1. The molecule has 0 fully saturated rings. The van der Waals surface area contributed by atoms with Crippen molar-refractivity contribution in [2.75, 3.05) is 12.4 Å². The number of rotatable bonds is 13. The minimum Gasteiger partial charge on any atom is -0.480 e. The molecule has 12 nitrogen and oxygen atoms in total. The fourth-order valence-corrected chi connectivity index (χ4v) is 2.37. The van der Waals surface area contributed by atoms with Crippen LogP contribution in [0.4, 0.5) is 0 Å². The molecule has 0 rings (SSSR count). The standard InChI is InChI=1S/C16H29N5O7S/c1-7(2)3-9(19-13(24)8(17)6-29)14(25)20-10(4-12(18)23)15(26)21-11(5-22)16(27)28/h7-11,22,29H,3-6,17H2,1-2H3,(H2,18,23)(H,19,24)(H,20,25)(H,21,26)(H,27,28). The Bertz CT molecular complexity index is 616. The molecule has 0 aromatic carbocycles. The molecular weight excluding hydrogens is 406 g/mol. The summed E-state index contributed by atoms with van der Waals surface area (Å²) in [4.78, 5) is 59.2. The van der Waals surface area contributed by atoms with Crippen LogP contribution < -0.4 is 27.4 Å². The molecule has 0 heterocycles. The van der Waals surface area contributed by atoms with Gasteiger partial charge in [0.15, 0.2) is 0 Å². The first-order valence-corrected chi connectivity index (χ1v) is 9.45. The maximum Gasteiger partial charge on any atom is 0.328 e. The summed E-state index contributed by atoms with van der Waals surface area (Å²) in [6.07, 6.45) is -0.413. The number of hydrogen-bond donors (Lipinski definition) is 8. The fourth-order valence-electron chi connectivity index (χ4n) is 2.21. The number of carbonyl (C=O) groups is 5. The number of carboxylic acid groups (broad SMARTS) is 1. The molecule has 166 valence electrons. The van der Waals surface area contributed by atoms with E-state index in [2.05, 4.69) is 23.3 Å². The van der Waals surface area contributed by atoms with Gasteiger partial charge in [-0.2, -0.15) is 12.6 Å². The van der Waals surface area contributed by atoms with Crippen molar-refractivity contribution in [3.8, 4) is 0 Å². The average Bonchev–Trinajstić information content (AvgIpc) is 2.62. The van der Waals surface area contributed by atoms with E-state index in [9.17, 15) is 24.0 Å². The summed E-state index contributed by atoms with van der Waals surface area (Å²) in [5, 5.41) is 24.7. The predicted molar refractivity (Wildman–Crippen MR) is 106 cm³/mol. The van der Waals surface area contributed by atoms with E-state index in [1.165, 1.54) is 0 Å². The van der Waals surface area contributed by atoms with Crippen LogP contribution in [0.2, 0.25) is 0 Å². The van der Waals surface area contributed by atoms with Gasteiger partial charge >= 0.3 is 5.97 Å². The monoisotopic (exact) mass is 435 g/mol. The summed E-state index contributed by atoms with van der Waals surface area (Å²) < 4.78 is 0. The second-order valence-corrected chi connectivity index (χ2v) is 7.16. The zero-order valence-corrected chi connectivity index (χ0v) is 17.1. The number of thiol groups is 1. The second kappa shape index (κ2) is 13.0. The number of nitrogens with one attached hydrogen (secondary N) is 3. The second-order valence-electron chi connectivity index (χ2n) is 6.79. The maximum absolute atomic E-state index is 12.6. The van der Waals surface area contributed by atoms with Gasteiger partial charge in [-0.25, -0.2) is 4.79 Å². The van der Waals surface area contributed by atoms with Crippen LogP contribution in [0.15, 0.2) is 0 Å². The van der Waals surface area contributed by atoms with E-state index in [-0.39, 0.29) is 18.1 Å². The van der Waals surface area contributed by atoms with Gasteiger partial charge in [-0.15, -0.1) is 0 Å². The topological polar surface area (TPSA) is 214 Å². The Morgan fingerprint density at radius 2 is 1.41 bits per heavy atom. The van der Waals surface area contributed by atoms with Crippen molar-refractivity contribution in [3.63, 3.8) is 0 Å². The normalized spacial score (nSPS) is 15.0. The zero-order chi connectivity index (χ0) is 22.7. The number of hydrogen-bond acceptors (Lipinski definition) is 8. The van der Waals surface area contributed by atoms with Crippen LogP contribution in [0.5, 0.6) is 0 Å². The molecule has 4 atom stereocenters. The van der Waals surface area contributed by atoms with Crippen LogP contribution >= 0.6 is 12.6 Å². The molecule has 0 aromatic rings. The van der Waals surface area contributed by atoms with E-state index < -0.39 is 66.8 Å². The lowest BCUT2D eigenvalue weighted by molar-refractivity contribution is -0.143. The number of nitrogens with two attached hydrogens (primary N) is 2. The Labute approximate surface area is 173 Å². The van der Waals surface area contributed by atoms with E-state index in [4.69, 9.17) is 21.7 Å².